The molecule has 11 nitrogen and oxygen atoms in total. The van der Waals surface area contributed by atoms with Gasteiger partial charge in [0.2, 0.25) is 0 Å². The number of hydrogen-bond acceptors (Lipinski definition) is 10. The smallest absolute Gasteiger partial charge is 0.462 e. The molecule has 0 saturated heterocycles. The molecule has 1 unspecified atom stereocenters. The third-order valence-corrected chi connectivity index (χ3v) is 9.91. The molecule has 320 valence electrons. The Balaban J connectivity index is 4.40. The Morgan fingerprint density at radius 2 is 1.09 bits per heavy atom. The molecule has 0 aliphatic carbocycles. The molecule has 0 rings (SSSR count). The van der Waals surface area contributed by atoms with Crippen LogP contribution in [-0.2, 0) is 32.7 Å². The second kappa shape index (κ2) is 38.7. The Labute approximate surface area is 333 Å². The summed E-state index contributed by atoms with van der Waals surface area (Å²) in [5.74, 6) is -1.06. The molecule has 0 amide bonds. The Morgan fingerprint density at radius 3 is 1.62 bits per heavy atom. The Hall–Kier alpha value is -2.11. The fourth-order valence-corrected chi connectivity index (χ4v) is 6.44. The lowest BCUT2D eigenvalue weighted by atomic mass is 10.0. The number of esters is 2. The predicted octanol–water partition coefficient (Wildman–Crippen LogP) is 9.88. The fraction of sp³-hybridized carbons (Fsp3) is 0.767. The van der Waals surface area contributed by atoms with Crippen LogP contribution in [0.4, 0.5) is 0 Å². The zero-order valence-corrected chi connectivity index (χ0v) is 35.3. The second-order valence-electron chi connectivity index (χ2n) is 14.3. The highest BCUT2D eigenvalue weighted by Crippen LogP contribution is 2.43. The van der Waals surface area contributed by atoms with Crippen molar-refractivity contribution in [2.75, 3.05) is 26.4 Å². The van der Waals surface area contributed by atoms with E-state index in [-0.39, 0.29) is 32.6 Å². The monoisotopic (exact) mass is 800 g/mol. The van der Waals surface area contributed by atoms with Crippen LogP contribution >= 0.6 is 7.82 Å². The Kier molecular flexibility index (Phi) is 37.3. The van der Waals surface area contributed by atoms with E-state index in [2.05, 4.69) is 13.8 Å². The molecule has 0 spiro atoms. The van der Waals surface area contributed by atoms with Gasteiger partial charge in [-0.05, 0) is 32.1 Å². The molecule has 5 N–H and O–H groups in total. The molecule has 55 heavy (non-hydrogen) atoms. The van der Waals surface area contributed by atoms with Gasteiger partial charge in [-0.3, -0.25) is 18.6 Å². The molecule has 0 aliphatic rings. The summed E-state index contributed by atoms with van der Waals surface area (Å²) in [5.41, 5.74) is 5.33. The van der Waals surface area contributed by atoms with Crippen LogP contribution in [0.2, 0.25) is 0 Å². The maximum absolute atomic E-state index is 12.6. The number of phosphoric ester groups is 1. The summed E-state index contributed by atoms with van der Waals surface area (Å²) in [4.78, 5) is 34.8. The number of carbonyl (C=O) groups is 2. The molecule has 0 radical (unpaired) electrons. The van der Waals surface area contributed by atoms with E-state index in [9.17, 15) is 29.3 Å². The normalized spacial score (nSPS) is 14.9. The summed E-state index contributed by atoms with van der Waals surface area (Å²) >= 11 is 0. The quantitative estimate of drug-likeness (QED) is 0.0202. The van der Waals surface area contributed by atoms with Crippen LogP contribution in [0.3, 0.4) is 0 Å². The minimum Gasteiger partial charge on any atom is -0.462 e. The zero-order valence-electron chi connectivity index (χ0n) is 34.4. The number of phosphoric acid groups is 1. The van der Waals surface area contributed by atoms with Crippen LogP contribution in [0.15, 0.2) is 48.6 Å². The summed E-state index contributed by atoms with van der Waals surface area (Å²) in [5, 5.41) is 20.1. The number of nitrogens with two attached hydrogens (primary N) is 1. The molecule has 12 heteroatoms. The zero-order chi connectivity index (χ0) is 40.7. The van der Waals surface area contributed by atoms with Gasteiger partial charge in [0.15, 0.2) is 6.10 Å². The fourth-order valence-electron chi connectivity index (χ4n) is 5.67. The highest BCUT2D eigenvalue weighted by molar-refractivity contribution is 7.47. The van der Waals surface area contributed by atoms with Gasteiger partial charge >= 0.3 is 19.8 Å². The third-order valence-electron chi connectivity index (χ3n) is 8.93. The van der Waals surface area contributed by atoms with Crippen LogP contribution in [-0.4, -0.2) is 71.7 Å². The summed E-state index contributed by atoms with van der Waals surface area (Å²) < 4.78 is 32.6. The lowest BCUT2D eigenvalue weighted by Gasteiger charge is -2.20. The van der Waals surface area contributed by atoms with Crippen molar-refractivity contribution >= 4 is 19.8 Å². The van der Waals surface area contributed by atoms with Crippen LogP contribution in [0.25, 0.3) is 0 Å². The van der Waals surface area contributed by atoms with Gasteiger partial charge in [-0.1, -0.05) is 172 Å². The molecular formula is C43H78NO10P. The summed E-state index contributed by atoms with van der Waals surface area (Å²) in [7, 11) is -4.43. The van der Waals surface area contributed by atoms with E-state index in [4.69, 9.17) is 24.3 Å². The number of allylic oxidation sites excluding steroid dienone is 6. The molecule has 0 aliphatic heterocycles. The molecule has 0 aromatic rings. The van der Waals surface area contributed by atoms with Crippen molar-refractivity contribution in [3.8, 4) is 0 Å². The van der Waals surface area contributed by atoms with Gasteiger partial charge < -0.3 is 30.3 Å². The van der Waals surface area contributed by atoms with E-state index in [1.165, 1.54) is 70.6 Å². The first-order valence-corrected chi connectivity index (χ1v) is 22.8. The van der Waals surface area contributed by atoms with Crippen molar-refractivity contribution in [3.05, 3.63) is 48.6 Å². The Morgan fingerprint density at radius 1 is 0.618 bits per heavy atom. The van der Waals surface area contributed by atoms with Crippen molar-refractivity contribution in [1.29, 1.82) is 0 Å². The van der Waals surface area contributed by atoms with Crippen molar-refractivity contribution in [1.82, 2.24) is 0 Å². The van der Waals surface area contributed by atoms with Gasteiger partial charge in [0, 0.05) is 19.4 Å². The molecular weight excluding hydrogens is 721 g/mol. The minimum atomic E-state index is -4.43. The Bertz CT molecular complexity index is 1080. The average molecular weight is 800 g/mol. The first-order chi connectivity index (χ1) is 26.6. The lowest BCUT2D eigenvalue weighted by Crippen LogP contribution is -2.29. The second-order valence-corrected chi connectivity index (χ2v) is 15.7. The first-order valence-electron chi connectivity index (χ1n) is 21.3. The standard InChI is InChI=1S/C43H78NO10P/c1-3-5-7-8-9-10-11-12-13-14-15-16-20-23-27-33-43(48)54-41(38-53-55(49,50)52-36-35-44)37-51-42(47)34-28-32-40(46)31-26-22-19-17-18-21-25-30-39(45)29-24-6-4-2/h18-19,21-22,25-26,30-31,39-41,45-46H,3-17,20,23-24,27-29,32-38,44H2,1-2H3,(H,49,50)/b21-18-,22-19-,30-25+,31-26+/t39-,40-,41+/m0/s1. The van der Waals surface area contributed by atoms with E-state index >= 15 is 0 Å². The van der Waals surface area contributed by atoms with Crippen LogP contribution in [0.1, 0.15) is 168 Å². The van der Waals surface area contributed by atoms with Gasteiger partial charge in [0.1, 0.15) is 6.61 Å². The molecule has 0 heterocycles. The van der Waals surface area contributed by atoms with Gasteiger partial charge in [0.25, 0.3) is 0 Å². The van der Waals surface area contributed by atoms with Gasteiger partial charge in [-0.25, -0.2) is 4.57 Å². The third kappa shape index (κ3) is 38.5. The van der Waals surface area contributed by atoms with Crippen LogP contribution in [0, 0.1) is 0 Å². The van der Waals surface area contributed by atoms with E-state index < -0.39 is 44.7 Å². The van der Waals surface area contributed by atoms with E-state index in [1.54, 1.807) is 18.2 Å². The van der Waals surface area contributed by atoms with Gasteiger partial charge in [-0.2, -0.15) is 0 Å². The summed E-state index contributed by atoms with van der Waals surface area (Å²) in [6, 6.07) is 0. The van der Waals surface area contributed by atoms with E-state index in [1.807, 2.05) is 30.4 Å². The van der Waals surface area contributed by atoms with Crippen molar-refractivity contribution < 1.29 is 47.8 Å². The van der Waals surface area contributed by atoms with E-state index in [0.29, 0.717) is 25.7 Å². The highest BCUT2D eigenvalue weighted by atomic mass is 31.2. The lowest BCUT2D eigenvalue weighted by molar-refractivity contribution is -0.161. The first kappa shape index (κ1) is 52.9. The number of unbranched alkanes of at least 4 members (excludes halogenated alkanes) is 16. The van der Waals surface area contributed by atoms with E-state index in [0.717, 1.165) is 44.9 Å². The molecule has 0 aromatic carbocycles. The summed E-state index contributed by atoms with van der Waals surface area (Å²) in [6.45, 7) is 3.37. The number of hydrogen-bond donors (Lipinski definition) is 4. The SMILES string of the molecule is CCCCCCCCCCCCCCCCCC(=O)O[C@H](COC(=O)CCC[C@@H](O)/C=C/C=C\C/C=C\C=C\[C@@H](O)CCCCC)COP(=O)(O)OCCN. The number of aliphatic hydroxyl groups excluding tert-OH is 2. The summed E-state index contributed by atoms with van der Waals surface area (Å²) in [6.07, 6.45) is 36.4. The molecule has 0 bridgehead atoms. The number of carbonyl (C=O) groups excluding carboxylic acids is 2. The largest absolute Gasteiger partial charge is 0.472 e. The number of ether oxygens (including phenoxy) is 2. The van der Waals surface area contributed by atoms with Crippen LogP contribution in [0.5, 0.6) is 0 Å². The van der Waals surface area contributed by atoms with Gasteiger partial charge in [0.05, 0.1) is 25.4 Å². The van der Waals surface area contributed by atoms with Crippen molar-refractivity contribution in [2.24, 2.45) is 5.73 Å². The maximum atomic E-state index is 12.6. The number of aliphatic hydroxyl groups is 2. The maximum Gasteiger partial charge on any atom is 0.472 e. The van der Waals surface area contributed by atoms with Gasteiger partial charge in [-0.15, -0.1) is 0 Å². The predicted molar refractivity (Wildman–Crippen MR) is 222 cm³/mol. The molecule has 0 aromatic heterocycles. The molecule has 0 fully saturated rings. The van der Waals surface area contributed by atoms with Crippen molar-refractivity contribution in [3.63, 3.8) is 0 Å². The topological polar surface area (TPSA) is 175 Å². The number of rotatable bonds is 39. The van der Waals surface area contributed by atoms with Crippen molar-refractivity contribution in [2.45, 2.75) is 186 Å². The average Bonchev–Trinajstić information content (AvgIpc) is 3.16. The van der Waals surface area contributed by atoms with Crippen LogP contribution < -0.4 is 5.73 Å². The minimum absolute atomic E-state index is 0.0203. The molecule has 4 atom stereocenters. The molecule has 0 saturated carbocycles. The highest BCUT2D eigenvalue weighted by Gasteiger charge is 2.26.